The Morgan fingerprint density at radius 3 is 2.48 bits per heavy atom. The molecule has 0 radical (unpaired) electrons. The topological polar surface area (TPSA) is 51.2 Å². The number of alkyl halides is 1. The number of halogens is 1. The van der Waals surface area contributed by atoms with E-state index in [0.717, 1.165) is 5.56 Å². The van der Waals surface area contributed by atoms with Gasteiger partial charge in [-0.3, -0.25) is 14.4 Å². The van der Waals surface area contributed by atoms with Crippen LogP contribution in [0.1, 0.15) is 25.8 Å². The molecule has 1 fully saturated rings. The smallest absolute Gasteiger partial charge is 0.173 e. The molecule has 0 bridgehead atoms. The Bertz CT molecular complexity index is 602. The molecule has 21 heavy (non-hydrogen) atoms. The molecule has 0 saturated heterocycles. The summed E-state index contributed by atoms with van der Waals surface area (Å²) in [7, 11) is 0. The predicted molar refractivity (Wildman–Crippen MR) is 85.1 cm³/mol. The van der Waals surface area contributed by atoms with Crippen LogP contribution in [0.15, 0.2) is 36.4 Å². The van der Waals surface area contributed by atoms with Gasteiger partial charge in [-0.15, -0.1) is 0 Å². The van der Waals surface area contributed by atoms with Crippen LogP contribution in [0.25, 0.3) is 6.08 Å². The van der Waals surface area contributed by atoms with Gasteiger partial charge >= 0.3 is 0 Å². The number of hydrogen-bond donors (Lipinski definition) is 0. The van der Waals surface area contributed by atoms with E-state index in [-0.39, 0.29) is 18.0 Å². The Morgan fingerprint density at radius 2 is 1.86 bits per heavy atom. The van der Waals surface area contributed by atoms with Crippen LogP contribution in [0, 0.1) is 11.3 Å². The van der Waals surface area contributed by atoms with Gasteiger partial charge in [0, 0.05) is 6.42 Å². The van der Waals surface area contributed by atoms with Crippen molar-refractivity contribution in [2.75, 3.05) is 0 Å². The van der Waals surface area contributed by atoms with Gasteiger partial charge in [0.2, 0.25) is 0 Å². The Kier molecular flexibility index (Phi) is 4.57. The summed E-state index contributed by atoms with van der Waals surface area (Å²) in [5, 5.41) is 0. The Morgan fingerprint density at radius 1 is 1.24 bits per heavy atom. The molecule has 0 spiro atoms. The first-order chi connectivity index (χ1) is 9.83. The minimum absolute atomic E-state index is 0.226. The standard InChI is InChI=1S/C17H17BrO3/c1-17(2)10-13(20)14(15(21)16(17)18)12(19)9-8-11-6-4-3-5-7-11/h3-9,14,16H,10H2,1-2H3/b9-8+/t14-,16+/m0/s1. The fourth-order valence-corrected chi connectivity index (χ4v) is 2.89. The number of Topliss-reactive ketones (excluding diaryl/α,β-unsaturated/α-hetero) is 2. The highest BCUT2D eigenvalue weighted by molar-refractivity contribution is 9.10. The highest BCUT2D eigenvalue weighted by atomic mass is 79.9. The molecule has 1 aliphatic carbocycles. The average molecular weight is 349 g/mol. The Hall–Kier alpha value is -1.55. The van der Waals surface area contributed by atoms with Crippen molar-refractivity contribution in [1.82, 2.24) is 0 Å². The van der Waals surface area contributed by atoms with Crippen molar-refractivity contribution < 1.29 is 14.4 Å². The summed E-state index contributed by atoms with van der Waals surface area (Å²) >= 11 is 3.33. The molecule has 0 unspecified atom stereocenters. The minimum Gasteiger partial charge on any atom is -0.298 e. The number of benzene rings is 1. The third kappa shape index (κ3) is 3.38. The summed E-state index contributed by atoms with van der Waals surface area (Å²) in [6, 6.07) is 9.30. The fraction of sp³-hybridized carbons (Fsp3) is 0.353. The lowest BCUT2D eigenvalue weighted by Crippen LogP contribution is -2.49. The molecule has 0 aromatic heterocycles. The second kappa shape index (κ2) is 6.06. The van der Waals surface area contributed by atoms with Crippen molar-refractivity contribution in [3.05, 3.63) is 42.0 Å². The SMILES string of the molecule is CC1(C)CC(=O)[C@H](C(=O)/C=C/c2ccccc2)C(=O)[C@H]1Br. The lowest BCUT2D eigenvalue weighted by atomic mass is 9.70. The maximum Gasteiger partial charge on any atom is 0.173 e. The Labute approximate surface area is 132 Å². The number of rotatable bonds is 3. The maximum absolute atomic E-state index is 12.3. The summed E-state index contributed by atoms with van der Waals surface area (Å²) in [6.07, 6.45) is 3.18. The van der Waals surface area contributed by atoms with Crippen LogP contribution < -0.4 is 0 Å². The van der Waals surface area contributed by atoms with Gasteiger partial charge in [0.15, 0.2) is 17.3 Å². The first-order valence-corrected chi connectivity index (χ1v) is 7.72. The molecule has 1 saturated carbocycles. The van der Waals surface area contributed by atoms with Crippen molar-refractivity contribution in [3.8, 4) is 0 Å². The zero-order chi connectivity index (χ0) is 15.6. The van der Waals surface area contributed by atoms with Crippen LogP contribution in [-0.4, -0.2) is 22.2 Å². The number of carbonyl (C=O) groups excluding carboxylic acids is 3. The van der Waals surface area contributed by atoms with Crippen molar-refractivity contribution in [1.29, 1.82) is 0 Å². The molecule has 2 atom stereocenters. The molecule has 1 aliphatic rings. The van der Waals surface area contributed by atoms with Crippen molar-refractivity contribution in [3.63, 3.8) is 0 Å². The molecule has 1 aromatic carbocycles. The lowest BCUT2D eigenvalue weighted by molar-refractivity contribution is -0.142. The second-order valence-corrected chi connectivity index (χ2v) is 6.89. The number of ketones is 3. The molecule has 0 N–H and O–H groups in total. The van der Waals surface area contributed by atoms with Gasteiger partial charge in [0.25, 0.3) is 0 Å². The zero-order valence-electron chi connectivity index (χ0n) is 12.0. The summed E-state index contributed by atoms with van der Waals surface area (Å²) in [6.45, 7) is 3.70. The van der Waals surface area contributed by atoms with Gasteiger partial charge in [-0.1, -0.05) is 66.2 Å². The quantitative estimate of drug-likeness (QED) is 0.478. The molecule has 3 nitrogen and oxygen atoms in total. The summed E-state index contributed by atoms with van der Waals surface area (Å²) in [4.78, 5) is 36.1. The summed E-state index contributed by atoms with van der Waals surface area (Å²) in [5.74, 6) is -2.22. The van der Waals surface area contributed by atoms with Crippen molar-refractivity contribution in [2.24, 2.45) is 11.3 Å². The molecule has 0 aliphatic heterocycles. The van der Waals surface area contributed by atoms with E-state index >= 15 is 0 Å². The third-order valence-electron chi connectivity index (χ3n) is 3.70. The highest BCUT2D eigenvalue weighted by Gasteiger charge is 2.48. The lowest BCUT2D eigenvalue weighted by Gasteiger charge is -2.35. The van der Waals surface area contributed by atoms with Crippen LogP contribution in [0.3, 0.4) is 0 Å². The van der Waals surface area contributed by atoms with Gasteiger partial charge in [-0.2, -0.15) is 0 Å². The molecular weight excluding hydrogens is 332 g/mol. The first-order valence-electron chi connectivity index (χ1n) is 6.80. The van der Waals surface area contributed by atoms with Crippen LogP contribution in [0.2, 0.25) is 0 Å². The van der Waals surface area contributed by atoms with Gasteiger partial charge in [0.1, 0.15) is 5.92 Å². The van der Waals surface area contributed by atoms with Gasteiger partial charge in [-0.25, -0.2) is 0 Å². The minimum atomic E-state index is -1.16. The van der Waals surface area contributed by atoms with Crippen LogP contribution in [0.5, 0.6) is 0 Å². The maximum atomic E-state index is 12.3. The number of hydrogen-bond acceptors (Lipinski definition) is 3. The van der Waals surface area contributed by atoms with Gasteiger partial charge in [-0.05, 0) is 17.1 Å². The molecule has 0 heterocycles. The Balaban J connectivity index is 2.18. The van der Waals surface area contributed by atoms with Crippen molar-refractivity contribution >= 4 is 39.4 Å². The predicted octanol–water partition coefficient (Wildman–Crippen LogP) is 3.22. The van der Waals surface area contributed by atoms with E-state index in [1.807, 2.05) is 44.2 Å². The third-order valence-corrected chi connectivity index (χ3v) is 5.39. The molecule has 2 rings (SSSR count). The number of carbonyl (C=O) groups is 3. The molecule has 1 aromatic rings. The van der Waals surface area contributed by atoms with Crippen LogP contribution in [0.4, 0.5) is 0 Å². The van der Waals surface area contributed by atoms with Gasteiger partial charge in [0.05, 0.1) is 4.83 Å². The van der Waals surface area contributed by atoms with E-state index in [0.29, 0.717) is 0 Å². The van der Waals surface area contributed by atoms with Crippen LogP contribution in [-0.2, 0) is 14.4 Å². The summed E-state index contributed by atoms with van der Waals surface area (Å²) < 4.78 is 0. The van der Waals surface area contributed by atoms with E-state index < -0.39 is 21.9 Å². The van der Waals surface area contributed by atoms with E-state index in [2.05, 4.69) is 15.9 Å². The zero-order valence-corrected chi connectivity index (χ0v) is 13.6. The first kappa shape index (κ1) is 15.8. The monoisotopic (exact) mass is 348 g/mol. The van der Waals surface area contributed by atoms with Crippen molar-refractivity contribution in [2.45, 2.75) is 25.1 Å². The summed E-state index contributed by atoms with van der Waals surface area (Å²) in [5.41, 5.74) is 0.408. The van der Waals surface area contributed by atoms with E-state index in [1.54, 1.807) is 6.08 Å². The van der Waals surface area contributed by atoms with E-state index in [1.165, 1.54) is 6.08 Å². The molecular formula is C17H17BrO3. The van der Waals surface area contributed by atoms with E-state index in [9.17, 15) is 14.4 Å². The second-order valence-electron chi connectivity index (χ2n) is 5.98. The highest BCUT2D eigenvalue weighted by Crippen LogP contribution is 2.39. The molecule has 110 valence electrons. The normalized spacial score (nSPS) is 25.3. The number of allylic oxidation sites excluding steroid dienone is 1. The average Bonchev–Trinajstić information content (AvgIpc) is 2.43. The van der Waals surface area contributed by atoms with E-state index in [4.69, 9.17) is 0 Å². The molecule has 0 amide bonds. The molecule has 4 heteroatoms. The largest absolute Gasteiger partial charge is 0.298 e. The van der Waals surface area contributed by atoms with Gasteiger partial charge < -0.3 is 0 Å². The fourth-order valence-electron chi connectivity index (χ4n) is 2.47. The van der Waals surface area contributed by atoms with Crippen LogP contribution >= 0.6 is 15.9 Å².